The zero-order valence-corrected chi connectivity index (χ0v) is 20.7. The molecule has 3 aromatic rings. The minimum Gasteiger partial charge on any atom is -0.488 e. The van der Waals surface area contributed by atoms with Gasteiger partial charge in [-0.25, -0.2) is 4.98 Å². The van der Waals surface area contributed by atoms with Crippen molar-refractivity contribution in [1.82, 2.24) is 20.5 Å². The number of hydrogen-bond acceptors (Lipinski definition) is 7. The molecule has 11 heteroatoms. The number of aromatic nitrogens is 3. The summed E-state index contributed by atoms with van der Waals surface area (Å²) in [5.74, 6) is 0.380. The lowest BCUT2D eigenvalue weighted by molar-refractivity contribution is -0.141. The Morgan fingerprint density at radius 3 is 2.51 bits per heavy atom. The highest BCUT2D eigenvalue weighted by Crippen LogP contribution is 2.33. The maximum atomic E-state index is 12.9. The van der Waals surface area contributed by atoms with E-state index in [1.54, 1.807) is 19.2 Å². The van der Waals surface area contributed by atoms with Gasteiger partial charge in [-0.05, 0) is 42.7 Å². The number of nitrogens with zero attached hydrogens (tertiary/aromatic N) is 3. The van der Waals surface area contributed by atoms with Crippen LogP contribution in [0.4, 0.5) is 13.2 Å². The largest absolute Gasteiger partial charge is 0.488 e. The molecule has 0 fully saturated rings. The molecule has 0 saturated heterocycles. The molecule has 1 N–H and O–H groups in total. The van der Waals surface area contributed by atoms with Crippen molar-refractivity contribution < 1.29 is 27.4 Å². The van der Waals surface area contributed by atoms with Gasteiger partial charge in [0, 0.05) is 29.3 Å². The molecule has 1 atom stereocenters. The molecular weight excluding hydrogens is 481 g/mol. The number of ether oxygens (including phenoxy) is 2. The Hall–Kier alpha value is -3.05. The van der Waals surface area contributed by atoms with Crippen LogP contribution in [0.2, 0.25) is 0 Å². The van der Waals surface area contributed by atoms with Crippen LogP contribution in [-0.4, -0.2) is 40.9 Å². The van der Waals surface area contributed by atoms with E-state index in [1.165, 1.54) is 17.4 Å². The van der Waals surface area contributed by atoms with E-state index in [1.807, 2.05) is 19.2 Å². The molecule has 0 spiro atoms. The van der Waals surface area contributed by atoms with Crippen molar-refractivity contribution >= 4 is 17.2 Å². The summed E-state index contributed by atoms with van der Waals surface area (Å²) in [5, 5.41) is 10.2. The van der Waals surface area contributed by atoms with Gasteiger partial charge in [0.2, 0.25) is 0 Å². The van der Waals surface area contributed by atoms with Crippen molar-refractivity contribution in [2.75, 3.05) is 13.7 Å². The van der Waals surface area contributed by atoms with Gasteiger partial charge in [0.05, 0.1) is 18.8 Å². The number of nitrogens with one attached hydrogen (secondary N) is 1. The lowest BCUT2D eigenvalue weighted by Gasteiger charge is -2.18. The van der Waals surface area contributed by atoms with Crippen molar-refractivity contribution in [2.45, 2.75) is 51.9 Å². The molecule has 0 aliphatic heterocycles. The van der Waals surface area contributed by atoms with Crippen molar-refractivity contribution in [3.8, 4) is 16.3 Å². The second kappa shape index (κ2) is 11.6. The van der Waals surface area contributed by atoms with E-state index in [0.29, 0.717) is 30.3 Å². The van der Waals surface area contributed by atoms with Gasteiger partial charge in [0.1, 0.15) is 16.9 Å². The van der Waals surface area contributed by atoms with Gasteiger partial charge in [-0.1, -0.05) is 20.8 Å². The Morgan fingerprint density at radius 1 is 1.17 bits per heavy atom. The summed E-state index contributed by atoms with van der Waals surface area (Å²) in [6, 6.07) is 7.17. The third kappa shape index (κ3) is 7.22. The maximum Gasteiger partial charge on any atom is 0.435 e. The molecule has 0 aliphatic carbocycles. The zero-order chi connectivity index (χ0) is 25.6. The average Bonchev–Trinajstić information content (AvgIpc) is 3.32. The topological polar surface area (TPSA) is 86.2 Å². The molecule has 2 aromatic heterocycles. The van der Waals surface area contributed by atoms with Crippen molar-refractivity contribution in [2.24, 2.45) is 0 Å². The van der Waals surface area contributed by atoms with Crippen molar-refractivity contribution in [1.29, 1.82) is 0 Å². The Bertz CT molecular complexity index is 1130. The molecule has 0 aliphatic rings. The number of rotatable bonds is 10. The maximum absolute atomic E-state index is 12.9. The lowest BCUT2D eigenvalue weighted by atomic mass is 10.1. The molecule has 0 saturated carbocycles. The molecule has 1 amide bonds. The monoisotopic (exact) mass is 508 g/mol. The van der Waals surface area contributed by atoms with E-state index in [2.05, 4.69) is 34.3 Å². The highest BCUT2D eigenvalue weighted by Gasteiger charge is 2.32. The van der Waals surface area contributed by atoms with Crippen LogP contribution in [0, 0.1) is 0 Å². The molecule has 188 valence electrons. The van der Waals surface area contributed by atoms with Crippen LogP contribution >= 0.6 is 11.3 Å². The number of thiazole rings is 1. The van der Waals surface area contributed by atoms with Crippen molar-refractivity contribution in [3.05, 3.63) is 58.4 Å². The first-order valence-corrected chi connectivity index (χ1v) is 11.9. The molecule has 0 unspecified atom stereocenters. The fourth-order valence-electron chi connectivity index (χ4n) is 3.10. The van der Waals surface area contributed by atoms with Gasteiger partial charge in [-0.3, -0.25) is 4.79 Å². The minimum atomic E-state index is -4.57. The van der Waals surface area contributed by atoms with E-state index < -0.39 is 17.8 Å². The fraction of sp³-hybridized carbons (Fsp3) is 0.417. The predicted molar refractivity (Wildman–Crippen MR) is 126 cm³/mol. The van der Waals surface area contributed by atoms with E-state index in [-0.39, 0.29) is 18.3 Å². The molecule has 35 heavy (non-hydrogen) atoms. The van der Waals surface area contributed by atoms with Crippen LogP contribution in [0.1, 0.15) is 59.7 Å². The summed E-state index contributed by atoms with van der Waals surface area (Å²) < 4.78 is 49.3. The van der Waals surface area contributed by atoms with Crippen LogP contribution in [0.3, 0.4) is 0 Å². The molecule has 2 heterocycles. The molecule has 3 rings (SSSR count). The highest BCUT2D eigenvalue weighted by atomic mass is 32.1. The number of amides is 1. The Balaban J connectivity index is 1.84. The van der Waals surface area contributed by atoms with Crippen LogP contribution in [-0.2, 0) is 17.5 Å². The third-order valence-corrected chi connectivity index (χ3v) is 6.41. The summed E-state index contributed by atoms with van der Waals surface area (Å²) in [7, 11) is 1.59. The number of hydrogen-bond donors (Lipinski definition) is 1. The highest BCUT2D eigenvalue weighted by molar-refractivity contribution is 7.15. The summed E-state index contributed by atoms with van der Waals surface area (Å²) in [6.07, 6.45) is -2.24. The smallest absolute Gasteiger partial charge is 0.435 e. The summed E-state index contributed by atoms with van der Waals surface area (Å²) >= 11 is 1.54. The van der Waals surface area contributed by atoms with Crippen LogP contribution in [0.15, 0.2) is 36.5 Å². The van der Waals surface area contributed by atoms with Gasteiger partial charge >= 0.3 is 6.18 Å². The van der Waals surface area contributed by atoms with Gasteiger partial charge < -0.3 is 14.8 Å². The molecule has 0 radical (unpaired) electrons. The second-order valence-electron chi connectivity index (χ2n) is 8.16. The van der Waals surface area contributed by atoms with Crippen LogP contribution in [0.25, 0.3) is 10.6 Å². The van der Waals surface area contributed by atoms with Gasteiger partial charge in [0.25, 0.3) is 5.91 Å². The quantitative estimate of drug-likeness (QED) is 0.391. The van der Waals surface area contributed by atoms with Crippen LogP contribution < -0.4 is 10.1 Å². The molecule has 1 aromatic carbocycles. The van der Waals surface area contributed by atoms with Gasteiger partial charge in [0.15, 0.2) is 5.69 Å². The Morgan fingerprint density at radius 2 is 1.94 bits per heavy atom. The zero-order valence-electron chi connectivity index (χ0n) is 19.8. The molecule has 7 nitrogen and oxygen atoms in total. The van der Waals surface area contributed by atoms with E-state index >= 15 is 0 Å². The normalized spacial score (nSPS) is 12.6. The number of carbonyl (C=O) groups is 1. The number of halogens is 3. The van der Waals surface area contributed by atoms with Gasteiger partial charge in [-0.15, -0.1) is 16.4 Å². The number of carbonyl (C=O) groups excluding carboxylic acids is 1. The summed E-state index contributed by atoms with van der Waals surface area (Å²) in [5.41, 5.74) is 0.163. The van der Waals surface area contributed by atoms with E-state index in [4.69, 9.17) is 9.47 Å². The number of alkyl halides is 3. The number of methoxy groups -OCH3 is 1. The van der Waals surface area contributed by atoms with Crippen molar-refractivity contribution in [3.63, 3.8) is 0 Å². The Labute approximate surface area is 205 Å². The number of benzene rings is 1. The second-order valence-corrected chi connectivity index (χ2v) is 9.22. The first-order valence-electron chi connectivity index (χ1n) is 11.1. The Kier molecular flexibility index (Phi) is 8.79. The summed E-state index contributed by atoms with van der Waals surface area (Å²) in [4.78, 5) is 18.6. The third-order valence-electron chi connectivity index (χ3n) is 5.06. The lowest BCUT2D eigenvalue weighted by Crippen LogP contribution is -2.24. The SMILES string of the molecule is CC[C@H](COC)Oc1cc(C(=O)NCc2ccc(C(F)(F)F)nn2)cc(-c2ncc(C(C)C)s2)c1. The van der Waals surface area contributed by atoms with E-state index in [0.717, 1.165) is 21.5 Å². The van der Waals surface area contributed by atoms with E-state index in [9.17, 15) is 18.0 Å². The molecule has 0 bridgehead atoms. The van der Waals surface area contributed by atoms with Crippen LogP contribution in [0.5, 0.6) is 5.75 Å². The fourth-order valence-corrected chi connectivity index (χ4v) is 4.01. The van der Waals surface area contributed by atoms with Gasteiger partial charge in [-0.2, -0.15) is 18.3 Å². The first-order chi connectivity index (χ1) is 16.6. The average molecular weight is 509 g/mol. The summed E-state index contributed by atoms with van der Waals surface area (Å²) in [6.45, 7) is 6.44. The minimum absolute atomic E-state index is 0.0829. The first kappa shape index (κ1) is 26.6. The molecular formula is C24H27F3N4O3S. The predicted octanol–water partition coefficient (Wildman–Crippen LogP) is 5.48. The standard InChI is InChI=1S/C24H27F3N4O3S/c1-5-18(13-33-4)34-19-9-15(8-16(10-19)23-29-12-20(35-23)14(2)3)22(32)28-11-17-6-7-21(31-30-17)24(25,26)27/h6-10,12,14,18H,5,11,13H2,1-4H3,(H,28,32)/t18-/m1/s1.